The monoisotopic (exact) mass is 208 g/mol. The Hall–Kier alpha value is -0.300. The number of hydrogen-bond acceptors (Lipinski definition) is 1. The van der Waals surface area contributed by atoms with Crippen molar-refractivity contribution in [1.82, 2.24) is 0 Å². The molecule has 2 atom stereocenters. The van der Waals surface area contributed by atoms with Gasteiger partial charge in [0.2, 0.25) is 0 Å². The number of fused-ring (bicyclic) bond motifs is 1. The summed E-state index contributed by atoms with van der Waals surface area (Å²) in [7, 11) is 0. The fraction of sp³-hybridized carbons (Fsp3) is 0.857. The van der Waals surface area contributed by atoms with Crippen LogP contribution in [-0.4, -0.2) is 13.2 Å². The third kappa shape index (κ3) is 3.64. The summed E-state index contributed by atoms with van der Waals surface area (Å²) in [5.74, 6) is 1.55. The molecule has 15 heavy (non-hydrogen) atoms. The molecule has 0 aromatic rings. The highest BCUT2D eigenvalue weighted by Crippen LogP contribution is 2.28. The second kappa shape index (κ2) is 6.32. The summed E-state index contributed by atoms with van der Waals surface area (Å²) < 4.78 is 5.60. The largest absolute Gasteiger partial charge is 0.381 e. The zero-order chi connectivity index (χ0) is 10.3. The molecule has 0 spiro atoms. The van der Waals surface area contributed by atoms with Gasteiger partial charge in [0.1, 0.15) is 0 Å². The average Bonchev–Trinajstić information content (AvgIpc) is 2.65. The Morgan fingerprint density at radius 2 is 1.67 bits per heavy atom. The summed E-state index contributed by atoms with van der Waals surface area (Å²) in [6, 6.07) is 0. The van der Waals surface area contributed by atoms with Gasteiger partial charge >= 0.3 is 0 Å². The van der Waals surface area contributed by atoms with Crippen molar-refractivity contribution in [3.05, 3.63) is 12.2 Å². The molecule has 86 valence electrons. The summed E-state index contributed by atoms with van der Waals surface area (Å²) in [6.45, 7) is 1.98. The van der Waals surface area contributed by atoms with Crippen LogP contribution >= 0.6 is 0 Å². The molecule has 2 unspecified atom stereocenters. The lowest BCUT2D eigenvalue weighted by molar-refractivity contribution is 0.181. The molecule has 0 aromatic carbocycles. The van der Waals surface area contributed by atoms with E-state index in [2.05, 4.69) is 12.2 Å². The highest BCUT2D eigenvalue weighted by molar-refractivity contribution is 4.94. The quantitative estimate of drug-likeness (QED) is 0.548. The highest BCUT2D eigenvalue weighted by Gasteiger charge is 2.25. The minimum absolute atomic E-state index is 0.726. The van der Waals surface area contributed by atoms with E-state index in [-0.39, 0.29) is 0 Å². The van der Waals surface area contributed by atoms with E-state index in [0.717, 1.165) is 25.0 Å². The third-order valence-electron chi connectivity index (χ3n) is 3.83. The third-order valence-corrected chi connectivity index (χ3v) is 3.83. The predicted octanol–water partition coefficient (Wildman–Crippen LogP) is 3.94. The van der Waals surface area contributed by atoms with Crippen LogP contribution in [0.25, 0.3) is 0 Å². The van der Waals surface area contributed by atoms with Crippen molar-refractivity contribution < 1.29 is 4.74 Å². The van der Waals surface area contributed by atoms with E-state index in [1.807, 2.05) is 0 Å². The van der Waals surface area contributed by atoms with E-state index in [0.29, 0.717) is 0 Å². The Bertz CT molecular complexity index is 198. The first-order valence-electron chi connectivity index (χ1n) is 6.71. The average molecular weight is 208 g/mol. The summed E-state index contributed by atoms with van der Waals surface area (Å²) in [5.41, 5.74) is 0. The van der Waals surface area contributed by atoms with Crippen molar-refractivity contribution in [3.8, 4) is 0 Å². The summed E-state index contributed by atoms with van der Waals surface area (Å²) in [6.07, 6.45) is 16.0. The molecule has 2 rings (SSSR count). The van der Waals surface area contributed by atoms with Crippen LogP contribution < -0.4 is 0 Å². The van der Waals surface area contributed by atoms with Gasteiger partial charge in [-0.3, -0.25) is 0 Å². The second-order valence-electron chi connectivity index (χ2n) is 5.09. The van der Waals surface area contributed by atoms with Gasteiger partial charge in [-0.1, -0.05) is 44.3 Å². The number of rotatable bonds is 0. The van der Waals surface area contributed by atoms with Gasteiger partial charge in [-0.15, -0.1) is 0 Å². The van der Waals surface area contributed by atoms with Crippen LogP contribution in [0.3, 0.4) is 0 Å². The maximum absolute atomic E-state index is 5.60. The van der Waals surface area contributed by atoms with Crippen LogP contribution in [-0.2, 0) is 4.74 Å². The summed E-state index contributed by atoms with van der Waals surface area (Å²) in [5, 5.41) is 0. The molecule has 0 bridgehead atoms. The first-order valence-corrected chi connectivity index (χ1v) is 6.71. The molecule has 1 fully saturated rings. The zero-order valence-corrected chi connectivity index (χ0v) is 9.79. The van der Waals surface area contributed by atoms with Crippen molar-refractivity contribution in [2.75, 3.05) is 13.2 Å². The molecular weight excluding hydrogens is 184 g/mol. The van der Waals surface area contributed by atoms with Crippen molar-refractivity contribution in [1.29, 1.82) is 0 Å². The second-order valence-corrected chi connectivity index (χ2v) is 5.09. The first kappa shape index (κ1) is 11.2. The topological polar surface area (TPSA) is 9.23 Å². The molecule has 1 aliphatic heterocycles. The van der Waals surface area contributed by atoms with Gasteiger partial charge in [0.05, 0.1) is 13.2 Å². The van der Waals surface area contributed by atoms with Crippen LogP contribution in [0.4, 0.5) is 0 Å². The van der Waals surface area contributed by atoms with Crippen LogP contribution in [0.2, 0.25) is 0 Å². The van der Waals surface area contributed by atoms with Gasteiger partial charge in [0.15, 0.2) is 0 Å². The van der Waals surface area contributed by atoms with Crippen molar-refractivity contribution in [2.45, 2.75) is 51.4 Å². The van der Waals surface area contributed by atoms with Crippen LogP contribution in [0, 0.1) is 11.8 Å². The molecule has 0 amide bonds. The molecule has 1 aliphatic carbocycles. The normalized spacial score (nSPS) is 34.1. The van der Waals surface area contributed by atoms with Gasteiger partial charge in [0.25, 0.3) is 0 Å². The highest BCUT2D eigenvalue weighted by atomic mass is 16.5. The van der Waals surface area contributed by atoms with E-state index >= 15 is 0 Å². The van der Waals surface area contributed by atoms with Crippen molar-refractivity contribution >= 4 is 0 Å². The predicted molar refractivity (Wildman–Crippen MR) is 63.9 cm³/mol. The molecule has 2 aliphatic rings. The molecule has 0 saturated carbocycles. The van der Waals surface area contributed by atoms with E-state index in [9.17, 15) is 0 Å². The molecule has 0 radical (unpaired) electrons. The van der Waals surface area contributed by atoms with Crippen molar-refractivity contribution in [2.24, 2.45) is 11.8 Å². The molecule has 1 saturated heterocycles. The van der Waals surface area contributed by atoms with Gasteiger partial charge in [-0.05, 0) is 25.2 Å². The summed E-state index contributed by atoms with van der Waals surface area (Å²) in [4.78, 5) is 0. The lowest BCUT2D eigenvalue weighted by Gasteiger charge is -2.14. The fourth-order valence-corrected chi connectivity index (χ4v) is 2.77. The van der Waals surface area contributed by atoms with Gasteiger partial charge in [-0.2, -0.15) is 0 Å². The van der Waals surface area contributed by atoms with E-state index < -0.39 is 0 Å². The van der Waals surface area contributed by atoms with Crippen molar-refractivity contribution in [3.63, 3.8) is 0 Å². The molecular formula is C14H24O. The minimum Gasteiger partial charge on any atom is -0.381 e. The molecule has 1 nitrogen and oxygen atoms in total. The van der Waals surface area contributed by atoms with Gasteiger partial charge in [0, 0.05) is 5.92 Å². The van der Waals surface area contributed by atoms with Crippen LogP contribution in [0.1, 0.15) is 51.4 Å². The Kier molecular flexibility index (Phi) is 4.72. The maximum Gasteiger partial charge on any atom is 0.0532 e. The lowest BCUT2D eigenvalue weighted by atomic mass is 9.89. The lowest BCUT2D eigenvalue weighted by Crippen LogP contribution is -2.10. The Balaban J connectivity index is 1.86. The minimum atomic E-state index is 0.726. The maximum atomic E-state index is 5.60. The molecule has 1 heteroatoms. The number of ether oxygens (including phenoxy) is 1. The number of hydrogen-bond donors (Lipinski definition) is 0. The first-order chi connectivity index (χ1) is 7.47. The standard InChI is InChI=1S/C14H24O/c1-2-4-6-8-10-14-12-15-11-13(14)9-7-5-3-1/h7,9,13-14H,1-6,8,10-12H2. The Morgan fingerprint density at radius 1 is 0.867 bits per heavy atom. The Labute approximate surface area is 93.9 Å². The van der Waals surface area contributed by atoms with Gasteiger partial charge < -0.3 is 4.74 Å². The van der Waals surface area contributed by atoms with E-state index in [1.54, 1.807) is 0 Å². The zero-order valence-electron chi connectivity index (χ0n) is 9.79. The van der Waals surface area contributed by atoms with E-state index in [4.69, 9.17) is 4.74 Å². The SMILES string of the molecule is C1=CC2COCC2CCCCCCCC1. The van der Waals surface area contributed by atoms with Gasteiger partial charge in [-0.25, -0.2) is 0 Å². The van der Waals surface area contributed by atoms with Crippen LogP contribution in [0.5, 0.6) is 0 Å². The molecule has 1 heterocycles. The molecule has 0 aromatic heterocycles. The number of allylic oxidation sites excluding steroid dienone is 1. The molecule has 0 N–H and O–H groups in total. The summed E-state index contributed by atoms with van der Waals surface area (Å²) >= 11 is 0. The fourth-order valence-electron chi connectivity index (χ4n) is 2.77. The van der Waals surface area contributed by atoms with Crippen LogP contribution in [0.15, 0.2) is 12.2 Å². The van der Waals surface area contributed by atoms with E-state index in [1.165, 1.54) is 51.4 Å². The Morgan fingerprint density at radius 3 is 2.60 bits per heavy atom. The smallest absolute Gasteiger partial charge is 0.0532 e.